The molecule has 7 heteroatoms. The first kappa shape index (κ1) is 13.5. The minimum absolute atomic E-state index is 0.0376. The van der Waals surface area contributed by atoms with Gasteiger partial charge >= 0.3 is 5.97 Å². The number of aromatic nitrogens is 1. The smallest absolute Gasteiger partial charge is 0.342 e. The van der Waals surface area contributed by atoms with Gasteiger partial charge in [0, 0.05) is 4.47 Å². The van der Waals surface area contributed by atoms with Gasteiger partial charge in [0.25, 0.3) is 6.43 Å². The molecule has 0 aliphatic carbocycles. The summed E-state index contributed by atoms with van der Waals surface area (Å²) in [7, 11) is 0. The van der Waals surface area contributed by atoms with Crippen LogP contribution < -0.4 is 0 Å². The van der Waals surface area contributed by atoms with Crippen molar-refractivity contribution in [3.05, 3.63) is 26.4 Å². The Labute approximate surface area is 107 Å². The fourth-order valence-corrected chi connectivity index (χ4v) is 2.43. The molecule has 0 unspecified atom stereocenters. The molecule has 0 fully saturated rings. The summed E-state index contributed by atoms with van der Waals surface area (Å²) >= 11 is 5.99. The van der Waals surface area contributed by atoms with Crippen LogP contribution in [0.4, 0.5) is 8.78 Å². The maximum absolute atomic E-state index is 12.4. The number of pyridine rings is 1. The van der Waals surface area contributed by atoms with E-state index in [1.807, 2.05) is 0 Å². The van der Waals surface area contributed by atoms with Gasteiger partial charge in [0.15, 0.2) is 0 Å². The first-order valence-electron chi connectivity index (χ1n) is 4.28. The molecule has 0 aliphatic rings. The van der Waals surface area contributed by atoms with Gasteiger partial charge in [0.05, 0.1) is 6.61 Å². The SMILES string of the molecule is CCOC(=O)c1c(Br)cc(C(F)F)nc1Br. The van der Waals surface area contributed by atoms with E-state index in [9.17, 15) is 13.6 Å². The average Bonchev–Trinajstić information content (AvgIpc) is 2.16. The van der Waals surface area contributed by atoms with Crippen LogP contribution in [0.5, 0.6) is 0 Å². The Morgan fingerprint density at radius 1 is 1.56 bits per heavy atom. The van der Waals surface area contributed by atoms with Gasteiger partial charge in [0.2, 0.25) is 0 Å². The van der Waals surface area contributed by atoms with E-state index in [0.717, 1.165) is 6.07 Å². The Morgan fingerprint density at radius 2 is 2.19 bits per heavy atom. The van der Waals surface area contributed by atoms with Crippen molar-refractivity contribution in [2.45, 2.75) is 13.3 Å². The van der Waals surface area contributed by atoms with Gasteiger partial charge in [0.1, 0.15) is 15.9 Å². The van der Waals surface area contributed by atoms with Crippen LogP contribution >= 0.6 is 31.9 Å². The minimum atomic E-state index is -2.69. The van der Waals surface area contributed by atoms with Crippen LogP contribution in [0.1, 0.15) is 29.4 Å². The third-order valence-electron chi connectivity index (χ3n) is 1.65. The van der Waals surface area contributed by atoms with E-state index < -0.39 is 18.1 Å². The van der Waals surface area contributed by atoms with Crippen LogP contribution in [-0.2, 0) is 4.74 Å². The summed E-state index contributed by atoms with van der Waals surface area (Å²) in [6.07, 6.45) is -2.69. The molecule has 0 aliphatic heterocycles. The summed E-state index contributed by atoms with van der Waals surface area (Å²) in [4.78, 5) is 15.0. The molecule has 16 heavy (non-hydrogen) atoms. The molecule has 0 spiro atoms. The van der Waals surface area contributed by atoms with Crippen LogP contribution in [0.2, 0.25) is 0 Å². The predicted octanol–water partition coefficient (Wildman–Crippen LogP) is 3.72. The molecule has 88 valence electrons. The van der Waals surface area contributed by atoms with Crippen LogP contribution in [-0.4, -0.2) is 17.6 Å². The zero-order valence-corrected chi connectivity index (χ0v) is 11.3. The standard InChI is InChI=1S/C9H7Br2F2NO2/c1-2-16-9(15)6-4(10)3-5(8(12)13)14-7(6)11/h3,8H,2H2,1H3. The molecule has 0 aromatic carbocycles. The highest BCUT2D eigenvalue weighted by atomic mass is 79.9. The summed E-state index contributed by atoms with van der Waals surface area (Å²) in [5.74, 6) is -0.616. The quantitative estimate of drug-likeness (QED) is 0.610. The Balaban J connectivity index is 3.17. The monoisotopic (exact) mass is 357 g/mol. The van der Waals surface area contributed by atoms with E-state index in [1.165, 1.54) is 0 Å². The summed E-state index contributed by atoms with van der Waals surface area (Å²) < 4.78 is 29.8. The molecule has 0 bridgehead atoms. The molecule has 0 N–H and O–H groups in total. The molecule has 1 rings (SSSR count). The van der Waals surface area contributed by atoms with E-state index in [2.05, 4.69) is 36.8 Å². The van der Waals surface area contributed by atoms with Crippen molar-refractivity contribution in [1.29, 1.82) is 0 Å². The van der Waals surface area contributed by atoms with Gasteiger partial charge in [-0.05, 0) is 44.8 Å². The molecule has 1 aromatic heterocycles. The van der Waals surface area contributed by atoms with Gasteiger partial charge in [-0.2, -0.15) is 0 Å². The first-order valence-corrected chi connectivity index (χ1v) is 5.87. The molecule has 0 amide bonds. The summed E-state index contributed by atoms with van der Waals surface area (Å²) in [5.41, 5.74) is -0.307. The van der Waals surface area contributed by atoms with Crippen LogP contribution in [0.25, 0.3) is 0 Å². The number of rotatable bonds is 3. The van der Waals surface area contributed by atoms with E-state index in [-0.39, 0.29) is 21.2 Å². The zero-order chi connectivity index (χ0) is 12.3. The zero-order valence-electron chi connectivity index (χ0n) is 8.14. The Bertz CT molecular complexity index is 389. The minimum Gasteiger partial charge on any atom is -0.462 e. The number of esters is 1. The molecule has 0 atom stereocenters. The highest BCUT2D eigenvalue weighted by molar-refractivity contribution is 9.11. The van der Waals surface area contributed by atoms with Crippen LogP contribution in [0.15, 0.2) is 15.1 Å². The molecule has 0 saturated carbocycles. The maximum Gasteiger partial charge on any atom is 0.342 e. The number of carbonyl (C=O) groups is 1. The number of hydrogen-bond donors (Lipinski definition) is 0. The third kappa shape index (κ3) is 2.98. The lowest BCUT2D eigenvalue weighted by atomic mass is 10.2. The number of alkyl halides is 2. The second kappa shape index (κ2) is 5.67. The van der Waals surface area contributed by atoms with Crippen molar-refractivity contribution < 1.29 is 18.3 Å². The van der Waals surface area contributed by atoms with Crippen molar-refractivity contribution in [3.8, 4) is 0 Å². The number of hydrogen-bond acceptors (Lipinski definition) is 3. The fraction of sp³-hybridized carbons (Fsp3) is 0.333. The lowest BCUT2D eigenvalue weighted by Crippen LogP contribution is -2.08. The Kier molecular flexibility index (Phi) is 4.79. The van der Waals surface area contributed by atoms with E-state index in [1.54, 1.807) is 6.92 Å². The third-order valence-corrected chi connectivity index (χ3v) is 2.85. The molecule has 0 saturated heterocycles. The number of halogens is 4. The summed E-state index contributed by atoms with van der Waals surface area (Å²) in [5, 5.41) is 0. The normalized spacial score (nSPS) is 10.6. The topological polar surface area (TPSA) is 39.2 Å². The molecular formula is C9H7Br2F2NO2. The largest absolute Gasteiger partial charge is 0.462 e. The van der Waals surface area contributed by atoms with E-state index in [0.29, 0.717) is 0 Å². The fourth-order valence-electron chi connectivity index (χ4n) is 0.999. The van der Waals surface area contributed by atoms with Crippen molar-refractivity contribution in [3.63, 3.8) is 0 Å². The maximum atomic E-state index is 12.4. The highest BCUT2D eigenvalue weighted by Gasteiger charge is 2.20. The van der Waals surface area contributed by atoms with E-state index in [4.69, 9.17) is 4.74 Å². The molecule has 1 aromatic rings. The summed E-state index contributed by atoms with van der Waals surface area (Å²) in [6, 6.07) is 1.10. The molecule has 0 radical (unpaired) electrons. The Hall–Kier alpha value is -0.560. The highest BCUT2D eigenvalue weighted by Crippen LogP contribution is 2.29. The summed E-state index contributed by atoms with van der Waals surface area (Å²) in [6.45, 7) is 1.86. The van der Waals surface area contributed by atoms with Gasteiger partial charge in [-0.3, -0.25) is 0 Å². The Morgan fingerprint density at radius 3 is 2.62 bits per heavy atom. The van der Waals surface area contributed by atoms with Crippen molar-refractivity contribution in [1.82, 2.24) is 4.98 Å². The lowest BCUT2D eigenvalue weighted by molar-refractivity contribution is 0.0523. The number of carbonyl (C=O) groups excluding carboxylic acids is 1. The van der Waals surface area contributed by atoms with Gasteiger partial charge in [-0.15, -0.1) is 0 Å². The van der Waals surface area contributed by atoms with Gasteiger partial charge in [-0.1, -0.05) is 0 Å². The van der Waals surface area contributed by atoms with E-state index >= 15 is 0 Å². The molecule has 1 heterocycles. The predicted molar refractivity (Wildman–Crippen MR) is 60.6 cm³/mol. The van der Waals surface area contributed by atoms with Crippen molar-refractivity contribution in [2.75, 3.05) is 6.61 Å². The van der Waals surface area contributed by atoms with Gasteiger partial charge in [-0.25, -0.2) is 18.6 Å². The first-order chi connectivity index (χ1) is 7.47. The van der Waals surface area contributed by atoms with Gasteiger partial charge < -0.3 is 4.74 Å². The van der Waals surface area contributed by atoms with Crippen LogP contribution in [0.3, 0.4) is 0 Å². The number of ether oxygens (including phenoxy) is 1. The molecule has 3 nitrogen and oxygen atoms in total. The number of nitrogens with zero attached hydrogens (tertiary/aromatic N) is 1. The van der Waals surface area contributed by atoms with Crippen molar-refractivity contribution >= 4 is 37.8 Å². The molecular weight excluding hydrogens is 352 g/mol. The average molecular weight is 359 g/mol. The lowest BCUT2D eigenvalue weighted by Gasteiger charge is -2.08. The second-order valence-electron chi connectivity index (χ2n) is 2.72. The second-order valence-corrected chi connectivity index (χ2v) is 4.32. The van der Waals surface area contributed by atoms with Crippen molar-refractivity contribution in [2.24, 2.45) is 0 Å². The van der Waals surface area contributed by atoms with Crippen LogP contribution in [0, 0.1) is 0 Å².